The minimum Gasteiger partial charge on any atom is -0.355 e. The number of carbonyl (C=O) groups is 1. The van der Waals surface area contributed by atoms with Gasteiger partial charge in [0.2, 0.25) is 5.91 Å². The number of nitrogens with zero attached hydrogens (tertiary/aromatic N) is 4. The van der Waals surface area contributed by atoms with Crippen molar-refractivity contribution in [3.63, 3.8) is 0 Å². The summed E-state index contributed by atoms with van der Waals surface area (Å²) in [6, 6.07) is 7.93. The van der Waals surface area contributed by atoms with E-state index < -0.39 is 0 Å². The first-order valence-electron chi connectivity index (χ1n) is 8.75. The molecule has 0 aliphatic rings. The van der Waals surface area contributed by atoms with Crippen molar-refractivity contribution in [1.82, 2.24) is 25.2 Å². The molecule has 0 saturated carbocycles. The van der Waals surface area contributed by atoms with Gasteiger partial charge >= 0.3 is 0 Å². The molecule has 1 heterocycles. The monoisotopic (exact) mass is 345 g/mol. The van der Waals surface area contributed by atoms with Crippen LogP contribution in [-0.2, 0) is 11.3 Å². The summed E-state index contributed by atoms with van der Waals surface area (Å²) in [5.74, 6) is -0.0886. The number of aryl methyl sites for hydroxylation is 1. The Morgan fingerprint density at radius 1 is 1.20 bits per heavy atom. The highest BCUT2D eigenvalue weighted by Gasteiger charge is 2.13. The second-order valence-corrected chi connectivity index (χ2v) is 6.66. The Kier molecular flexibility index (Phi) is 6.64. The molecule has 0 atom stereocenters. The SMILES string of the molecule is CC(C)N(CCNC(=O)CCn1nnc2ccccc2c1=O)C(C)C. The molecule has 0 aliphatic heterocycles. The first-order valence-corrected chi connectivity index (χ1v) is 8.75. The van der Waals surface area contributed by atoms with E-state index in [1.807, 2.05) is 6.07 Å². The lowest BCUT2D eigenvalue weighted by Crippen LogP contribution is -2.42. The third kappa shape index (κ3) is 5.09. The zero-order valence-corrected chi connectivity index (χ0v) is 15.4. The van der Waals surface area contributed by atoms with Crippen LogP contribution in [0.1, 0.15) is 34.1 Å². The van der Waals surface area contributed by atoms with Gasteiger partial charge in [0.05, 0.1) is 11.9 Å². The molecule has 7 nitrogen and oxygen atoms in total. The summed E-state index contributed by atoms with van der Waals surface area (Å²) < 4.78 is 1.25. The lowest BCUT2D eigenvalue weighted by Gasteiger charge is -2.30. The number of fused-ring (bicyclic) bond motifs is 1. The van der Waals surface area contributed by atoms with Gasteiger partial charge in [0.25, 0.3) is 5.56 Å². The second-order valence-electron chi connectivity index (χ2n) is 6.66. The van der Waals surface area contributed by atoms with Crippen LogP contribution >= 0.6 is 0 Å². The molecule has 1 N–H and O–H groups in total. The van der Waals surface area contributed by atoms with Gasteiger partial charge in [-0.2, -0.15) is 0 Å². The maximum Gasteiger partial charge on any atom is 0.277 e. The molecule has 2 aromatic rings. The van der Waals surface area contributed by atoms with Crippen molar-refractivity contribution in [2.75, 3.05) is 13.1 Å². The maximum absolute atomic E-state index is 12.3. The molecule has 0 spiro atoms. The lowest BCUT2D eigenvalue weighted by atomic mass is 10.2. The van der Waals surface area contributed by atoms with Crippen molar-refractivity contribution in [2.24, 2.45) is 0 Å². The number of rotatable bonds is 8. The van der Waals surface area contributed by atoms with Crippen molar-refractivity contribution in [3.05, 3.63) is 34.6 Å². The Morgan fingerprint density at radius 3 is 2.56 bits per heavy atom. The van der Waals surface area contributed by atoms with Crippen LogP contribution in [0, 0.1) is 0 Å². The van der Waals surface area contributed by atoms with E-state index in [2.05, 4.69) is 48.2 Å². The van der Waals surface area contributed by atoms with Gasteiger partial charge < -0.3 is 5.32 Å². The van der Waals surface area contributed by atoms with Crippen LogP contribution in [0.25, 0.3) is 10.9 Å². The molecule has 2 rings (SSSR count). The zero-order chi connectivity index (χ0) is 18.4. The van der Waals surface area contributed by atoms with Crippen molar-refractivity contribution in [2.45, 2.75) is 52.7 Å². The topological polar surface area (TPSA) is 80.1 Å². The average molecular weight is 345 g/mol. The Labute approximate surface area is 148 Å². The molecule has 1 aromatic carbocycles. The molecule has 0 radical (unpaired) electrons. The first kappa shape index (κ1) is 19.1. The normalized spacial score (nSPS) is 11.6. The van der Waals surface area contributed by atoms with E-state index >= 15 is 0 Å². The molecule has 0 bridgehead atoms. The molecule has 0 unspecified atom stereocenters. The van der Waals surface area contributed by atoms with Gasteiger partial charge in [0.15, 0.2) is 0 Å². The highest BCUT2D eigenvalue weighted by Crippen LogP contribution is 2.04. The quantitative estimate of drug-likeness (QED) is 0.783. The first-order chi connectivity index (χ1) is 11.9. The molecule has 0 saturated heterocycles. The second kappa shape index (κ2) is 8.71. The highest BCUT2D eigenvalue weighted by molar-refractivity contribution is 5.77. The Morgan fingerprint density at radius 2 is 1.88 bits per heavy atom. The summed E-state index contributed by atoms with van der Waals surface area (Å²) in [5.41, 5.74) is 0.347. The van der Waals surface area contributed by atoms with Crippen LogP contribution in [0.15, 0.2) is 29.1 Å². The van der Waals surface area contributed by atoms with Gasteiger partial charge in [-0.1, -0.05) is 17.3 Å². The molecule has 0 aliphatic carbocycles. The van der Waals surface area contributed by atoms with Crippen molar-refractivity contribution >= 4 is 16.8 Å². The lowest BCUT2D eigenvalue weighted by molar-refractivity contribution is -0.121. The molecule has 25 heavy (non-hydrogen) atoms. The van der Waals surface area contributed by atoms with Crippen molar-refractivity contribution in [1.29, 1.82) is 0 Å². The minimum atomic E-state index is -0.218. The maximum atomic E-state index is 12.3. The van der Waals surface area contributed by atoms with Crippen LogP contribution in [0.3, 0.4) is 0 Å². The minimum absolute atomic E-state index is 0.0886. The molecule has 7 heteroatoms. The van der Waals surface area contributed by atoms with Crippen LogP contribution in [-0.4, -0.2) is 51.0 Å². The Balaban J connectivity index is 1.86. The predicted molar refractivity (Wildman–Crippen MR) is 98.4 cm³/mol. The summed E-state index contributed by atoms with van der Waals surface area (Å²) in [5, 5.41) is 11.3. The number of amides is 1. The smallest absolute Gasteiger partial charge is 0.277 e. The van der Waals surface area contributed by atoms with Gasteiger partial charge in [-0.25, -0.2) is 4.68 Å². The van der Waals surface area contributed by atoms with Crippen LogP contribution in [0.5, 0.6) is 0 Å². The van der Waals surface area contributed by atoms with Crippen LogP contribution < -0.4 is 10.9 Å². The fraction of sp³-hybridized carbons (Fsp3) is 0.556. The van der Waals surface area contributed by atoms with E-state index in [1.54, 1.807) is 18.2 Å². The highest BCUT2D eigenvalue weighted by atomic mass is 16.2. The Bertz CT molecular complexity index is 761. The third-order valence-electron chi connectivity index (χ3n) is 4.20. The summed E-state index contributed by atoms with van der Waals surface area (Å²) in [6.07, 6.45) is 0.205. The fourth-order valence-corrected chi connectivity index (χ4v) is 2.90. The van der Waals surface area contributed by atoms with Crippen molar-refractivity contribution < 1.29 is 4.79 Å². The number of hydrogen-bond acceptors (Lipinski definition) is 5. The third-order valence-corrected chi connectivity index (χ3v) is 4.20. The molecule has 1 aromatic heterocycles. The molecule has 136 valence electrons. The average Bonchev–Trinajstić information content (AvgIpc) is 2.57. The van der Waals surface area contributed by atoms with Gasteiger partial charge in [0, 0.05) is 31.6 Å². The largest absolute Gasteiger partial charge is 0.355 e. The Hall–Kier alpha value is -2.28. The summed E-state index contributed by atoms with van der Waals surface area (Å²) in [6.45, 7) is 10.2. The molecular weight excluding hydrogens is 318 g/mol. The van der Waals surface area contributed by atoms with Crippen molar-refractivity contribution in [3.8, 4) is 0 Å². The molecule has 0 fully saturated rings. The fourth-order valence-electron chi connectivity index (χ4n) is 2.90. The zero-order valence-electron chi connectivity index (χ0n) is 15.4. The number of benzene rings is 1. The molecule has 1 amide bonds. The number of hydrogen-bond donors (Lipinski definition) is 1. The summed E-state index contributed by atoms with van der Waals surface area (Å²) >= 11 is 0. The summed E-state index contributed by atoms with van der Waals surface area (Å²) in [4.78, 5) is 26.7. The van der Waals surface area contributed by atoms with Gasteiger partial charge in [0.1, 0.15) is 5.52 Å². The van der Waals surface area contributed by atoms with E-state index in [0.717, 1.165) is 6.54 Å². The van der Waals surface area contributed by atoms with Gasteiger partial charge in [-0.05, 0) is 39.8 Å². The number of carbonyl (C=O) groups excluding carboxylic acids is 1. The van der Waals surface area contributed by atoms with Crippen LogP contribution in [0.4, 0.5) is 0 Å². The molecular formula is C18H27N5O2. The number of nitrogens with one attached hydrogen (secondary N) is 1. The van der Waals surface area contributed by atoms with E-state index in [1.165, 1.54) is 4.68 Å². The van der Waals surface area contributed by atoms with E-state index in [0.29, 0.717) is 29.5 Å². The van der Waals surface area contributed by atoms with Crippen LogP contribution in [0.2, 0.25) is 0 Å². The predicted octanol–water partition coefficient (Wildman–Crippen LogP) is 1.42. The standard InChI is InChI=1S/C18H27N5O2/c1-13(2)22(14(3)4)12-10-19-17(24)9-11-23-18(25)15-7-5-6-8-16(15)20-21-23/h5-8,13-14H,9-12H2,1-4H3,(H,19,24). The summed E-state index contributed by atoms with van der Waals surface area (Å²) in [7, 11) is 0. The van der Waals surface area contributed by atoms with E-state index in [-0.39, 0.29) is 24.4 Å². The number of aromatic nitrogens is 3. The van der Waals surface area contributed by atoms with E-state index in [4.69, 9.17) is 0 Å². The van der Waals surface area contributed by atoms with Gasteiger partial charge in [-0.3, -0.25) is 14.5 Å². The van der Waals surface area contributed by atoms with Gasteiger partial charge in [-0.15, -0.1) is 5.10 Å². The van der Waals surface area contributed by atoms with E-state index in [9.17, 15) is 9.59 Å².